The molecule has 0 aromatic rings. The van der Waals surface area contributed by atoms with Gasteiger partial charge in [-0.2, -0.15) is 0 Å². The SMILES string of the molecule is OCCCC1=CCC(O)CC1. The largest absolute Gasteiger partial charge is 0.396 e. The molecule has 0 saturated carbocycles. The zero-order chi connectivity index (χ0) is 8.10. The first-order valence-corrected chi connectivity index (χ1v) is 4.29. The van der Waals surface area contributed by atoms with Crippen LogP contribution in [0.5, 0.6) is 0 Å². The van der Waals surface area contributed by atoms with E-state index < -0.39 is 0 Å². The minimum absolute atomic E-state index is 0.118. The van der Waals surface area contributed by atoms with Crippen LogP contribution in [0.4, 0.5) is 0 Å². The Bertz CT molecular complexity index is 140. The molecular weight excluding hydrogens is 140 g/mol. The monoisotopic (exact) mass is 156 g/mol. The Labute approximate surface area is 67.6 Å². The molecule has 0 amide bonds. The van der Waals surface area contributed by atoms with Gasteiger partial charge in [-0.1, -0.05) is 11.6 Å². The van der Waals surface area contributed by atoms with Crippen molar-refractivity contribution in [2.24, 2.45) is 0 Å². The number of allylic oxidation sites excluding steroid dienone is 1. The van der Waals surface area contributed by atoms with Crippen molar-refractivity contribution in [3.63, 3.8) is 0 Å². The third-order valence-corrected chi connectivity index (χ3v) is 2.13. The molecule has 1 unspecified atom stereocenters. The van der Waals surface area contributed by atoms with Gasteiger partial charge in [0.1, 0.15) is 0 Å². The van der Waals surface area contributed by atoms with Gasteiger partial charge in [-0.15, -0.1) is 0 Å². The van der Waals surface area contributed by atoms with Crippen molar-refractivity contribution in [3.05, 3.63) is 11.6 Å². The molecule has 2 heteroatoms. The summed E-state index contributed by atoms with van der Waals surface area (Å²) < 4.78 is 0. The van der Waals surface area contributed by atoms with E-state index in [1.165, 1.54) is 5.57 Å². The molecular formula is C9H16O2. The lowest BCUT2D eigenvalue weighted by molar-refractivity contribution is 0.161. The van der Waals surface area contributed by atoms with Gasteiger partial charge in [0.15, 0.2) is 0 Å². The lowest BCUT2D eigenvalue weighted by atomic mass is 9.94. The molecule has 64 valence electrons. The van der Waals surface area contributed by atoms with Gasteiger partial charge in [-0.05, 0) is 32.1 Å². The average Bonchev–Trinajstić information content (AvgIpc) is 2.04. The predicted molar refractivity (Wildman–Crippen MR) is 44.3 cm³/mol. The first kappa shape index (κ1) is 8.75. The smallest absolute Gasteiger partial charge is 0.0577 e. The highest BCUT2D eigenvalue weighted by atomic mass is 16.3. The Morgan fingerprint density at radius 3 is 2.91 bits per heavy atom. The second-order valence-electron chi connectivity index (χ2n) is 3.12. The number of hydrogen-bond donors (Lipinski definition) is 2. The summed E-state index contributed by atoms with van der Waals surface area (Å²) in [7, 11) is 0. The number of rotatable bonds is 3. The van der Waals surface area contributed by atoms with E-state index in [-0.39, 0.29) is 12.7 Å². The lowest BCUT2D eigenvalue weighted by Crippen LogP contribution is -2.10. The molecule has 0 saturated heterocycles. The van der Waals surface area contributed by atoms with Crippen LogP contribution in [-0.2, 0) is 0 Å². The van der Waals surface area contributed by atoms with E-state index in [1.807, 2.05) is 0 Å². The fourth-order valence-electron chi connectivity index (χ4n) is 1.41. The summed E-state index contributed by atoms with van der Waals surface area (Å²) in [4.78, 5) is 0. The van der Waals surface area contributed by atoms with Gasteiger partial charge in [-0.25, -0.2) is 0 Å². The fraction of sp³-hybridized carbons (Fsp3) is 0.778. The number of aliphatic hydroxyl groups is 2. The van der Waals surface area contributed by atoms with E-state index in [0.29, 0.717) is 0 Å². The van der Waals surface area contributed by atoms with Crippen LogP contribution in [0.15, 0.2) is 11.6 Å². The summed E-state index contributed by atoms with van der Waals surface area (Å²) in [5.74, 6) is 0. The van der Waals surface area contributed by atoms with Crippen LogP contribution >= 0.6 is 0 Å². The fourth-order valence-corrected chi connectivity index (χ4v) is 1.41. The molecule has 2 N–H and O–H groups in total. The topological polar surface area (TPSA) is 40.5 Å². The van der Waals surface area contributed by atoms with E-state index in [0.717, 1.165) is 32.1 Å². The van der Waals surface area contributed by atoms with E-state index in [2.05, 4.69) is 6.08 Å². The minimum atomic E-state index is -0.118. The van der Waals surface area contributed by atoms with Crippen LogP contribution < -0.4 is 0 Å². The summed E-state index contributed by atoms with van der Waals surface area (Å²) in [6.07, 6.45) is 6.58. The molecule has 0 spiro atoms. The van der Waals surface area contributed by atoms with E-state index in [4.69, 9.17) is 10.2 Å². The Balaban J connectivity index is 2.24. The molecule has 0 fully saturated rings. The van der Waals surface area contributed by atoms with Crippen molar-refractivity contribution in [1.29, 1.82) is 0 Å². The molecule has 0 heterocycles. The van der Waals surface area contributed by atoms with Gasteiger partial charge in [0.2, 0.25) is 0 Å². The van der Waals surface area contributed by atoms with E-state index in [1.54, 1.807) is 0 Å². The molecule has 0 aromatic carbocycles. The summed E-state index contributed by atoms with van der Waals surface area (Å²) in [6.45, 7) is 0.278. The molecule has 0 aliphatic heterocycles. The summed E-state index contributed by atoms with van der Waals surface area (Å²) in [5.41, 5.74) is 1.41. The maximum Gasteiger partial charge on any atom is 0.0577 e. The van der Waals surface area contributed by atoms with Gasteiger partial charge >= 0.3 is 0 Å². The maximum absolute atomic E-state index is 9.16. The second kappa shape index (κ2) is 4.52. The Hall–Kier alpha value is -0.340. The molecule has 2 nitrogen and oxygen atoms in total. The molecule has 1 aliphatic carbocycles. The van der Waals surface area contributed by atoms with Crippen molar-refractivity contribution < 1.29 is 10.2 Å². The second-order valence-corrected chi connectivity index (χ2v) is 3.12. The highest BCUT2D eigenvalue weighted by Gasteiger charge is 2.10. The van der Waals surface area contributed by atoms with Crippen LogP contribution in [0.3, 0.4) is 0 Å². The van der Waals surface area contributed by atoms with Crippen molar-refractivity contribution >= 4 is 0 Å². The van der Waals surface area contributed by atoms with Crippen molar-refractivity contribution in [2.45, 2.75) is 38.2 Å². The van der Waals surface area contributed by atoms with E-state index >= 15 is 0 Å². The average molecular weight is 156 g/mol. The maximum atomic E-state index is 9.16. The van der Waals surface area contributed by atoms with Crippen molar-refractivity contribution in [2.75, 3.05) is 6.61 Å². The lowest BCUT2D eigenvalue weighted by Gasteiger charge is -2.16. The van der Waals surface area contributed by atoms with Crippen molar-refractivity contribution in [1.82, 2.24) is 0 Å². The number of aliphatic hydroxyl groups excluding tert-OH is 2. The van der Waals surface area contributed by atoms with Crippen LogP contribution in [0.1, 0.15) is 32.1 Å². The van der Waals surface area contributed by atoms with Gasteiger partial charge in [0, 0.05) is 6.61 Å². The molecule has 0 bridgehead atoms. The number of hydrogen-bond acceptors (Lipinski definition) is 2. The van der Waals surface area contributed by atoms with Gasteiger partial charge in [0.05, 0.1) is 6.10 Å². The quantitative estimate of drug-likeness (QED) is 0.603. The summed E-state index contributed by atoms with van der Waals surface area (Å²) in [6, 6.07) is 0. The predicted octanol–water partition coefficient (Wildman–Crippen LogP) is 1.23. The third kappa shape index (κ3) is 3.04. The van der Waals surface area contributed by atoms with Crippen molar-refractivity contribution in [3.8, 4) is 0 Å². The van der Waals surface area contributed by atoms with Crippen LogP contribution in [0, 0.1) is 0 Å². The Morgan fingerprint density at radius 2 is 2.36 bits per heavy atom. The van der Waals surface area contributed by atoms with Crippen LogP contribution in [-0.4, -0.2) is 22.9 Å². The van der Waals surface area contributed by atoms with E-state index in [9.17, 15) is 0 Å². The normalized spacial score (nSPS) is 24.9. The first-order valence-electron chi connectivity index (χ1n) is 4.29. The zero-order valence-electron chi connectivity index (χ0n) is 6.79. The Kier molecular flexibility index (Phi) is 3.60. The molecule has 1 rings (SSSR count). The summed E-state index contributed by atoms with van der Waals surface area (Å²) >= 11 is 0. The third-order valence-electron chi connectivity index (χ3n) is 2.13. The van der Waals surface area contributed by atoms with Gasteiger partial charge in [0.25, 0.3) is 0 Å². The van der Waals surface area contributed by atoms with Gasteiger partial charge in [-0.3, -0.25) is 0 Å². The highest BCUT2D eigenvalue weighted by molar-refractivity contribution is 5.06. The van der Waals surface area contributed by atoms with Gasteiger partial charge < -0.3 is 10.2 Å². The first-order chi connectivity index (χ1) is 5.33. The highest BCUT2D eigenvalue weighted by Crippen LogP contribution is 2.21. The summed E-state index contributed by atoms with van der Waals surface area (Å²) in [5, 5.41) is 17.7. The molecule has 1 atom stereocenters. The standard InChI is InChI=1S/C9H16O2/c10-7-1-2-8-3-5-9(11)6-4-8/h3,9-11H,1-2,4-7H2. The Morgan fingerprint density at radius 1 is 1.55 bits per heavy atom. The van der Waals surface area contributed by atoms with Crippen LogP contribution in [0.2, 0.25) is 0 Å². The molecule has 11 heavy (non-hydrogen) atoms. The van der Waals surface area contributed by atoms with Crippen LogP contribution in [0.25, 0.3) is 0 Å². The molecule has 0 radical (unpaired) electrons. The zero-order valence-corrected chi connectivity index (χ0v) is 6.79. The minimum Gasteiger partial charge on any atom is -0.396 e. The molecule has 0 aromatic heterocycles. The molecule has 1 aliphatic rings.